The van der Waals surface area contributed by atoms with E-state index < -0.39 is 16.0 Å². The topological polar surface area (TPSA) is 39.1 Å². The summed E-state index contributed by atoms with van der Waals surface area (Å²) in [7, 11) is -3.68. The molecule has 1 aromatic heterocycles. The second-order valence-corrected chi connectivity index (χ2v) is 3.60. The normalized spacial score (nSPS) is 11.4. The molecule has 0 bridgehead atoms. The Kier molecular flexibility index (Phi) is 1.82. The van der Waals surface area contributed by atoms with E-state index in [9.17, 15) is 12.8 Å². The molecule has 0 aliphatic heterocycles. The minimum Gasteiger partial charge on any atom is -0.217 e. The van der Waals surface area contributed by atoms with Gasteiger partial charge >= 0.3 is 0 Å². The monoisotopic (exact) mass is 175 g/mol. The fourth-order valence-electron chi connectivity index (χ4n) is 0.632. The summed E-state index contributed by atoms with van der Waals surface area (Å²) < 4.78 is 34.9. The number of halogens is 1. The van der Waals surface area contributed by atoms with E-state index in [1.54, 1.807) is 0 Å². The molecule has 0 aliphatic rings. The van der Waals surface area contributed by atoms with E-state index in [1.807, 2.05) is 0 Å². The summed E-state index contributed by atoms with van der Waals surface area (Å²) >= 11 is 0. The summed E-state index contributed by atoms with van der Waals surface area (Å²) in [4.78, 5) is 0. The van der Waals surface area contributed by atoms with Crippen molar-refractivity contribution in [1.82, 2.24) is 3.97 Å². The standard InChI is InChI=1S/C6H6FNO2S/c1-2-11(9,10)8-5-3-4-6(8)7/h2-5H,1H2. The molecule has 1 aromatic rings. The molecule has 0 unspecified atom stereocenters. The minimum atomic E-state index is -3.68. The van der Waals surface area contributed by atoms with E-state index in [-0.39, 0.29) is 0 Å². The Morgan fingerprint density at radius 2 is 2.27 bits per heavy atom. The number of hydrogen-bond donors (Lipinski definition) is 0. The third kappa shape index (κ3) is 1.32. The Morgan fingerprint density at radius 3 is 2.64 bits per heavy atom. The Balaban J connectivity index is 3.33. The van der Waals surface area contributed by atoms with E-state index >= 15 is 0 Å². The highest BCUT2D eigenvalue weighted by Crippen LogP contribution is 2.04. The van der Waals surface area contributed by atoms with Gasteiger partial charge in [-0.3, -0.25) is 0 Å². The molecule has 0 saturated heterocycles. The van der Waals surface area contributed by atoms with Gasteiger partial charge in [-0.25, -0.2) is 12.4 Å². The van der Waals surface area contributed by atoms with Crippen LogP contribution in [0.5, 0.6) is 0 Å². The van der Waals surface area contributed by atoms with Gasteiger partial charge in [-0.05, 0) is 12.1 Å². The Labute approximate surface area is 63.8 Å². The smallest absolute Gasteiger partial charge is 0.217 e. The van der Waals surface area contributed by atoms with Gasteiger partial charge in [-0.2, -0.15) is 4.39 Å². The minimum absolute atomic E-state index is 0.514. The lowest BCUT2D eigenvalue weighted by Crippen LogP contribution is -2.09. The number of nitrogens with zero attached hydrogens (tertiary/aromatic N) is 1. The molecule has 1 heterocycles. The van der Waals surface area contributed by atoms with Crippen molar-refractivity contribution in [2.75, 3.05) is 0 Å². The van der Waals surface area contributed by atoms with Gasteiger partial charge in [0.25, 0.3) is 10.0 Å². The van der Waals surface area contributed by atoms with Gasteiger partial charge in [0.05, 0.1) is 0 Å². The summed E-state index contributed by atoms with van der Waals surface area (Å²) in [6.45, 7) is 3.05. The van der Waals surface area contributed by atoms with Crippen LogP contribution in [0.3, 0.4) is 0 Å². The van der Waals surface area contributed by atoms with Gasteiger partial charge in [0.15, 0.2) is 0 Å². The highest BCUT2D eigenvalue weighted by Gasteiger charge is 2.10. The molecule has 0 aliphatic carbocycles. The third-order valence-electron chi connectivity index (χ3n) is 1.15. The zero-order chi connectivity index (χ0) is 8.48. The highest BCUT2D eigenvalue weighted by atomic mass is 32.2. The average Bonchev–Trinajstić information content (AvgIpc) is 2.36. The second-order valence-electron chi connectivity index (χ2n) is 1.84. The third-order valence-corrected chi connectivity index (χ3v) is 2.42. The summed E-state index contributed by atoms with van der Waals surface area (Å²) in [5.41, 5.74) is 0. The van der Waals surface area contributed by atoms with Crippen LogP contribution >= 0.6 is 0 Å². The Morgan fingerprint density at radius 1 is 1.64 bits per heavy atom. The van der Waals surface area contributed by atoms with Crippen LogP contribution in [-0.4, -0.2) is 12.4 Å². The quantitative estimate of drug-likeness (QED) is 0.671. The number of rotatable bonds is 2. The maximum atomic E-state index is 12.6. The average molecular weight is 175 g/mol. The molecule has 1 rings (SSSR count). The molecule has 0 radical (unpaired) electrons. The van der Waals surface area contributed by atoms with Crippen molar-refractivity contribution in [3.05, 3.63) is 36.3 Å². The van der Waals surface area contributed by atoms with Gasteiger partial charge in [0.1, 0.15) is 0 Å². The molecule has 0 saturated carbocycles. The molecule has 60 valence electrons. The highest BCUT2D eigenvalue weighted by molar-refractivity contribution is 7.92. The van der Waals surface area contributed by atoms with Crippen LogP contribution in [0.15, 0.2) is 30.3 Å². The summed E-state index contributed by atoms with van der Waals surface area (Å²) in [6.07, 6.45) is 1.12. The predicted octanol–water partition coefficient (Wildman–Crippen LogP) is 0.949. The number of hydrogen-bond acceptors (Lipinski definition) is 2. The second kappa shape index (κ2) is 2.50. The van der Waals surface area contributed by atoms with Crippen molar-refractivity contribution in [3.63, 3.8) is 0 Å². The van der Waals surface area contributed by atoms with Crippen LogP contribution in [0.2, 0.25) is 0 Å². The van der Waals surface area contributed by atoms with Crippen LogP contribution in [-0.2, 0) is 10.0 Å². The van der Waals surface area contributed by atoms with E-state index in [4.69, 9.17) is 0 Å². The van der Waals surface area contributed by atoms with Crippen molar-refractivity contribution in [3.8, 4) is 0 Å². The first-order valence-electron chi connectivity index (χ1n) is 2.79. The van der Waals surface area contributed by atoms with Crippen molar-refractivity contribution in [2.24, 2.45) is 0 Å². The van der Waals surface area contributed by atoms with Crippen LogP contribution in [0, 0.1) is 5.95 Å². The van der Waals surface area contributed by atoms with Crippen molar-refractivity contribution in [1.29, 1.82) is 0 Å². The fraction of sp³-hybridized carbons (Fsp3) is 0. The largest absolute Gasteiger partial charge is 0.262 e. The van der Waals surface area contributed by atoms with Gasteiger partial charge in [0, 0.05) is 11.6 Å². The SMILES string of the molecule is C=CS(=O)(=O)n1cccc1F. The van der Waals surface area contributed by atoms with Gasteiger partial charge < -0.3 is 0 Å². The molecular formula is C6H6FNO2S. The predicted molar refractivity (Wildman–Crippen MR) is 38.9 cm³/mol. The zero-order valence-corrected chi connectivity index (χ0v) is 6.38. The Bertz CT molecular complexity index is 366. The molecule has 0 amide bonds. The van der Waals surface area contributed by atoms with E-state index in [0.717, 1.165) is 12.3 Å². The van der Waals surface area contributed by atoms with Crippen LogP contribution < -0.4 is 0 Å². The van der Waals surface area contributed by atoms with E-state index in [0.29, 0.717) is 9.38 Å². The summed E-state index contributed by atoms with van der Waals surface area (Å²) in [5.74, 6) is -0.815. The maximum absolute atomic E-state index is 12.6. The lowest BCUT2D eigenvalue weighted by atomic mass is 10.7. The molecular weight excluding hydrogens is 169 g/mol. The first kappa shape index (κ1) is 8.00. The van der Waals surface area contributed by atoms with Crippen LogP contribution in [0.1, 0.15) is 0 Å². The van der Waals surface area contributed by atoms with Crippen LogP contribution in [0.25, 0.3) is 0 Å². The molecule has 0 aromatic carbocycles. The van der Waals surface area contributed by atoms with Crippen LogP contribution in [0.4, 0.5) is 4.39 Å². The molecule has 0 spiro atoms. The van der Waals surface area contributed by atoms with E-state index in [1.165, 1.54) is 6.07 Å². The fourth-order valence-corrected chi connectivity index (χ4v) is 1.34. The molecule has 3 nitrogen and oxygen atoms in total. The van der Waals surface area contributed by atoms with Crippen molar-refractivity contribution >= 4 is 10.0 Å². The van der Waals surface area contributed by atoms with Gasteiger partial charge in [-0.1, -0.05) is 6.58 Å². The van der Waals surface area contributed by atoms with Gasteiger partial charge in [0.2, 0.25) is 5.95 Å². The van der Waals surface area contributed by atoms with Crippen molar-refractivity contribution < 1.29 is 12.8 Å². The van der Waals surface area contributed by atoms with Crippen molar-refractivity contribution in [2.45, 2.75) is 0 Å². The molecule has 0 N–H and O–H groups in total. The lowest BCUT2D eigenvalue weighted by molar-refractivity contribution is 0.547. The Hall–Kier alpha value is -1.10. The molecule has 0 atom stereocenters. The summed E-state index contributed by atoms with van der Waals surface area (Å²) in [6, 6.07) is 2.36. The first-order chi connectivity index (χ1) is 5.08. The van der Waals surface area contributed by atoms with E-state index in [2.05, 4.69) is 6.58 Å². The summed E-state index contributed by atoms with van der Waals surface area (Å²) in [5, 5.41) is 0.691. The molecule has 11 heavy (non-hydrogen) atoms. The number of aromatic nitrogens is 1. The maximum Gasteiger partial charge on any atom is 0.262 e. The van der Waals surface area contributed by atoms with Gasteiger partial charge in [-0.15, -0.1) is 0 Å². The zero-order valence-electron chi connectivity index (χ0n) is 5.57. The lowest BCUT2D eigenvalue weighted by Gasteiger charge is -1.98. The molecule has 0 fully saturated rings. The molecule has 5 heteroatoms. The first-order valence-corrected chi connectivity index (χ1v) is 4.29.